The van der Waals surface area contributed by atoms with Gasteiger partial charge < -0.3 is 15.6 Å². The van der Waals surface area contributed by atoms with E-state index in [-0.39, 0.29) is 5.75 Å². The van der Waals surface area contributed by atoms with Gasteiger partial charge in [-0.25, -0.2) is 0 Å². The Labute approximate surface area is 109 Å². The van der Waals surface area contributed by atoms with Crippen molar-refractivity contribution >= 4 is 17.5 Å². The summed E-state index contributed by atoms with van der Waals surface area (Å²) < 4.78 is 5.50. The first kappa shape index (κ1) is 12.3. The van der Waals surface area contributed by atoms with E-state index in [1.807, 2.05) is 0 Å². The molecular formula is C13H10ClNO3. The highest BCUT2D eigenvalue weighted by Crippen LogP contribution is 2.30. The summed E-state index contributed by atoms with van der Waals surface area (Å²) in [6, 6.07) is 10.8. The molecular weight excluding hydrogens is 254 g/mol. The molecule has 18 heavy (non-hydrogen) atoms. The fourth-order valence-corrected chi connectivity index (χ4v) is 1.60. The van der Waals surface area contributed by atoms with Gasteiger partial charge in [0.15, 0.2) is 0 Å². The van der Waals surface area contributed by atoms with Gasteiger partial charge in [-0.3, -0.25) is 4.79 Å². The standard InChI is InChI=1S/C13H10ClNO3/c14-11-7-8(13(15)17)1-6-12(11)18-10-4-2-9(16)3-5-10/h1-7,16H,(H2,15,17). The lowest BCUT2D eigenvalue weighted by molar-refractivity contribution is 0.100. The first-order chi connectivity index (χ1) is 8.56. The van der Waals surface area contributed by atoms with Crippen LogP contribution in [0.15, 0.2) is 42.5 Å². The second kappa shape index (κ2) is 4.98. The number of hydrogen-bond donors (Lipinski definition) is 2. The maximum atomic E-state index is 11.0. The maximum absolute atomic E-state index is 11.0. The number of phenols is 1. The zero-order chi connectivity index (χ0) is 13.1. The Kier molecular flexibility index (Phi) is 3.39. The predicted molar refractivity (Wildman–Crippen MR) is 68.2 cm³/mol. The summed E-state index contributed by atoms with van der Waals surface area (Å²) >= 11 is 5.97. The van der Waals surface area contributed by atoms with Crippen LogP contribution >= 0.6 is 11.6 Å². The molecule has 0 saturated heterocycles. The third-order valence-corrected chi connectivity index (χ3v) is 2.58. The fraction of sp³-hybridized carbons (Fsp3) is 0. The van der Waals surface area contributed by atoms with Crippen LogP contribution in [0.4, 0.5) is 0 Å². The topological polar surface area (TPSA) is 72.6 Å². The molecule has 0 atom stereocenters. The lowest BCUT2D eigenvalue weighted by Crippen LogP contribution is -2.10. The Hall–Kier alpha value is -2.20. The van der Waals surface area contributed by atoms with Crippen LogP contribution in [0.25, 0.3) is 0 Å². The van der Waals surface area contributed by atoms with E-state index in [0.29, 0.717) is 22.1 Å². The molecule has 92 valence electrons. The molecule has 3 N–H and O–H groups in total. The number of aromatic hydroxyl groups is 1. The van der Waals surface area contributed by atoms with Gasteiger partial charge in [0.2, 0.25) is 5.91 Å². The molecule has 0 fully saturated rings. The second-order valence-electron chi connectivity index (χ2n) is 3.61. The molecule has 2 aromatic rings. The average molecular weight is 264 g/mol. The molecule has 0 unspecified atom stereocenters. The summed E-state index contributed by atoms with van der Waals surface area (Å²) in [5.41, 5.74) is 5.45. The molecule has 0 aliphatic heterocycles. The van der Waals surface area contributed by atoms with Gasteiger partial charge in [-0.1, -0.05) is 11.6 Å². The normalized spacial score (nSPS) is 10.1. The Balaban J connectivity index is 2.24. The number of halogens is 1. The van der Waals surface area contributed by atoms with Crippen molar-refractivity contribution < 1.29 is 14.6 Å². The second-order valence-corrected chi connectivity index (χ2v) is 4.01. The first-order valence-corrected chi connectivity index (χ1v) is 5.50. The smallest absolute Gasteiger partial charge is 0.248 e. The first-order valence-electron chi connectivity index (χ1n) is 5.12. The van der Waals surface area contributed by atoms with E-state index in [1.54, 1.807) is 18.2 Å². The minimum atomic E-state index is -0.548. The van der Waals surface area contributed by atoms with E-state index in [4.69, 9.17) is 27.2 Å². The van der Waals surface area contributed by atoms with Crippen LogP contribution in [0.1, 0.15) is 10.4 Å². The number of nitrogens with two attached hydrogens (primary N) is 1. The Bertz CT molecular complexity index is 581. The van der Waals surface area contributed by atoms with Crippen LogP contribution in [0, 0.1) is 0 Å². The maximum Gasteiger partial charge on any atom is 0.248 e. The molecule has 0 aliphatic carbocycles. The van der Waals surface area contributed by atoms with Crippen LogP contribution < -0.4 is 10.5 Å². The number of amides is 1. The summed E-state index contributed by atoms with van der Waals surface area (Å²) in [6.07, 6.45) is 0. The van der Waals surface area contributed by atoms with Crippen molar-refractivity contribution in [1.82, 2.24) is 0 Å². The van der Waals surface area contributed by atoms with E-state index in [1.165, 1.54) is 24.3 Å². The van der Waals surface area contributed by atoms with E-state index < -0.39 is 5.91 Å². The highest BCUT2D eigenvalue weighted by molar-refractivity contribution is 6.32. The Morgan fingerprint density at radius 2 is 1.83 bits per heavy atom. The van der Waals surface area contributed by atoms with Crippen LogP contribution in [0.5, 0.6) is 17.2 Å². The number of benzene rings is 2. The van der Waals surface area contributed by atoms with E-state index in [9.17, 15) is 4.79 Å². The fourth-order valence-electron chi connectivity index (χ4n) is 1.38. The molecule has 1 amide bonds. The quantitative estimate of drug-likeness (QED) is 0.894. The molecule has 0 spiro atoms. The summed E-state index contributed by atoms with van der Waals surface area (Å²) in [7, 11) is 0. The monoisotopic (exact) mass is 263 g/mol. The minimum Gasteiger partial charge on any atom is -0.508 e. The Morgan fingerprint density at radius 3 is 2.39 bits per heavy atom. The van der Waals surface area contributed by atoms with Gasteiger partial charge >= 0.3 is 0 Å². The molecule has 0 aliphatic rings. The summed E-state index contributed by atoms with van der Waals surface area (Å²) in [6.45, 7) is 0. The number of primary amides is 1. The van der Waals surface area contributed by atoms with Crippen molar-refractivity contribution in [2.75, 3.05) is 0 Å². The van der Waals surface area contributed by atoms with E-state index in [2.05, 4.69) is 0 Å². The van der Waals surface area contributed by atoms with Crippen molar-refractivity contribution in [3.05, 3.63) is 53.1 Å². The van der Waals surface area contributed by atoms with E-state index >= 15 is 0 Å². The molecule has 2 rings (SSSR count). The van der Waals surface area contributed by atoms with Gasteiger partial charge in [-0.2, -0.15) is 0 Å². The molecule has 0 bridgehead atoms. The molecule has 5 heteroatoms. The SMILES string of the molecule is NC(=O)c1ccc(Oc2ccc(O)cc2)c(Cl)c1. The van der Waals surface area contributed by atoms with Crippen LogP contribution in [-0.2, 0) is 0 Å². The number of ether oxygens (including phenoxy) is 1. The van der Waals surface area contributed by atoms with Crippen LogP contribution in [0.3, 0.4) is 0 Å². The van der Waals surface area contributed by atoms with Gasteiger partial charge in [0.05, 0.1) is 5.02 Å². The zero-order valence-electron chi connectivity index (χ0n) is 9.26. The number of carbonyl (C=O) groups is 1. The Morgan fingerprint density at radius 1 is 1.17 bits per heavy atom. The zero-order valence-corrected chi connectivity index (χ0v) is 10.0. The van der Waals surface area contributed by atoms with Gasteiger partial charge in [-0.15, -0.1) is 0 Å². The van der Waals surface area contributed by atoms with Crippen LogP contribution in [0.2, 0.25) is 5.02 Å². The molecule has 2 aromatic carbocycles. The van der Waals surface area contributed by atoms with Gasteiger partial charge in [0.25, 0.3) is 0 Å². The van der Waals surface area contributed by atoms with Gasteiger partial charge in [0, 0.05) is 5.56 Å². The van der Waals surface area contributed by atoms with E-state index in [0.717, 1.165) is 0 Å². The lowest BCUT2D eigenvalue weighted by atomic mass is 10.2. The van der Waals surface area contributed by atoms with Crippen molar-refractivity contribution in [1.29, 1.82) is 0 Å². The lowest BCUT2D eigenvalue weighted by Gasteiger charge is -2.08. The van der Waals surface area contributed by atoms with Gasteiger partial charge in [-0.05, 0) is 42.5 Å². The molecule has 0 heterocycles. The number of carbonyl (C=O) groups excluding carboxylic acids is 1. The summed E-state index contributed by atoms with van der Waals surface area (Å²) in [4.78, 5) is 11.0. The molecule has 0 aromatic heterocycles. The predicted octanol–water partition coefficient (Wildman–Crippen LogP) is 2.94. The minimum absolute atomic E-state index is 0.150. The van der Waals surface area contributed by atoms with Gasteiger partial charge in [0.1, 0.15) is 17.2 Å². The third kappa shape index (κ3) is 2.73. The summed E-state index contributed by atoms with van der Waals surface area (Å²) in [5, 5.41) is 9.43. The third-order valence-electron chi connectivity index (χ3n) is 2.28. The van der Waals surface area contributed by atoms with Crippen LogP contribution in [-0.4, -0.2) is 11.0 Å². The van der Waals surface area contributed by atoms with Crippen molar-refractivity contribution in [2.24, 2.45) is 5.73 Å². The largest absolute Gasteiger partial charge is 0.508 e. The molecule has 0 radical (unpaired) electrons. The number of phenolic OH excluding ortho intramolecular Hbond substituents is 1. The number of hydrogen-bond acceptors (Lipinski definition) is 3. The molecule has 4 nitrogen and oxygen atoms in total. The average Bonchev–Trinajstić information content (AvgIpc) is 2.34. The molecule has 0 saturated carbocycles. The highest BCUT2D eigenvalue weighted by Gasteiger charge is 2.07. The highest BCUT2D eigenvalue weighted by atomic mass is 35.5. The summed E-state index contributed by atoms with van der Waals surface area (Å²) in [5.74, 6) is 0.541. The van der Waals surface area contributed by atoms with Crippen molar-refractivity contribution in [2.45, 2.75) is 0 Å². The van der Waals surface area contributed by atoms with Crippen molar-refractivity contribution in [3.63, 3.8) is 0 Å². The number of rotatable bonds is 3. The van der Waals surface area contributed by atoms with Crippen molar-refractivity contribution in [3.8, 4) is 17.2 Å².